The van der Waals surface area contributed by atoms with Gasteiger partial charge in [0.05, 0.1) is 5.69 Å². The highest BCUT2D eigenvalue weighted by molar-refractivity contribution is 5.77. The number of anilines is 3. The summed E-state index contributed by atoms with van der Waals surface area (Å²) in [6, 6.07) is 30.8. The van der Waals surface area contributed by atoms with E-state index >= 15 is 0 Å². The van der Waals surface area contributed by atoms with Crippen LogP contribution in [-0.2, 0) is 5.41 Å². The number of nitrogens with zero attached hydrogens (tertiary/aromatic N) is 5. The molecule has 0 saturated heterocycles. The van der Waals surface area contributed by atoms with Gasteiger partial charge in [0.1, 0.15) is 11.4 Å². The van der Waals surface area contributed by atoms with Crippen molar-refractivity contribution in [2.24, 2.45) is 5.92 Å². The average molecular weight is 592 g/mol. The van der Waals surface area contributed by atoms with E-state index in [1.54, 1.807) is 0 Å². The van der Waals surface area contributed by atoms with Crippen LogP contribution in [0.4, 0.5) is 17.3 Å². The van der Waals surface area contributed by atoms with E-state index in [9.17, 15) is 0 Å². The van der Waals surface area contributed by atoms with Gasteiger partial charge in [0, 0.05) is 45.3 Å². The molecular weight excluding hydrogens is 554 g/mol. The maximum Gasteiger partial charge on any atom is 0.238 e. The Labute approximate surface area is 265 Å². The summed E-state index contributed by atoms with van der Waals surface area (Å²) < 4.78 is 6.28. The van der Waals surface area contributed by atoms with Crippen molar-refractivity contribution >= 4 is 22.9 Å². The Morgan fingerprint density at radius 3 is 2.04 bits per heavy atom. The molecule has 6 nitrogen and oxygen atoms in total. The molecule has 2 aliphatic rings. The van der Waals surface area contributed by atoms with Crippen LogP contribution < -0.4 is 9.64 Å². The lowest BCUT2D eigenvalue weighted by Crippen LogP contribution is -2.41. The van der Waals surface area contributed by atoms with Gasteiger partial charge in [0.15, 0.2) is 11.6 Å². The summed E-state index contributed by atoms with van der Waals surface area (Å²) in [5.74, 6) is 3.19. The van der Waals surface area contributed by atoms with Crippen molar-refractivity contribution in [3.8, 4) is 28.4 Å². The van der Waals surface area contributed by atoms with Crippen molar-refractivity contribution in [2.75, 3.05) is 4.90 Å². The van der Waals surface area contributed by atoms with Gasteiger partial charge in [0.2, 0.25) is 5.95 Å². The largest absolute Gasteiger partial charge is 0.487 e. The number of para-hydroxylation sites is 2. The van der Waals surface area contributed by atoms with E-state index in [4.69, 9.17) is 24.7 Å². The van der Waals surface area contributed by atoms with Crippen molar-refractivity contribution < 1.29 is 4.74 Å². The molecule has 1 aliphatic carbocycles. The van der Waals surface area contributed by atoms with Crippen molar-refractivity contribution in [1.82, 2.24) is 19.9 Å². The highest BCUT2D eigenvalue weighted by atomic mass is 16.5. The van der Waals surface area contributed by atoms with Gasteiger partial charge in [-0.25, -0.2) is 4.98 Å². The number of fused-ring (bicyclic) bond motifs is 1. The fourth-order valence-electron chi connectivity index (χ4n) is 5.84. The summed E-state index contributed by atoms with van der Waals surface area (Å²) in [5.41, 5.74) is 6.48. The van der Waals surface area contributed by atoms with Gasteiger partial charge in [0.25, 0.3) is 0 Å². The number of hydrogen-bond donors (Lipinski definition) is 0. The van der Waals surface area contributed by atoms with Gasteiger partial charge < -0.3 is 4.74 Å². The molecule has 6 heteroatoms. The monoisotopic (exact) mass is 591 g/mol. The Hall–Kier alpha value is -5.10. The number of pyridine rings is 1. The van der Waals surface area contributed by atoms with E-state index < -0.39 is 0 Å². The van der Waals surface area contributed by atoms with Gasteiger partial charge in [-0.2, -0.15) is 9.97 Å². The SMILES string of the molecule is CC1C=CC(c2nc(-c3ccc(-c4ccc5c(c4)C(C)(C)C(C)(C)O5)nc3)nc(N(c3ccccc3)c3ccccc3)n2)=CC1. The summed E-state index contributed by atoms with van der Waals surface area (Å²) in [5, 5.41) is 0. The molecule has 0 N–H and O–H groups in total. The lowest BCUT2D eigenvalue weighted by Gasteiger charge is -2.33. The fraction of sp³-hybridized carbons (Fsp3) is 0.231. The first-order valence-corrected chi connectivity index (χ1v) is 15.5. The topological polar surface area (TPSA) is 64.0 Å². The fourth-order valence-corrected chi connectivity index (χ4v) is 5.84. The third-order valence-corrected chi connectivity index (χ3v) is 9.27. The highest BCUT2D eigenvalue weighted by Crippen LogP contribution is 2.49. The average Bonchev–Trinajstić information content (AvgIpc) is 3.24. The molecule has 0 radical (unpaired) electrons. The molecule has 1 aliphatic heterocycles. The third-order valence-electron chi connectivity index (χ3n) is 9.27. The van der Waals surface area contributed by atoms with E-state index in [0.29, 0.717) is 23.5 Å². The van der Waals surface area contributed by atoms with Crippen molar-refractivity contribution in [1.29, 1.82) is 0 Å². The molecule has 224 valence electrons. The highest BCUT2D eigenvalue weighted by Gasteiger charge is 2.48. The van der Waals surface area contributed by atoms with Crippen LogP contribution >= 0.6 is 0 Å². The lowest BCUT2D eigenvalue weighted by atomic mass is 9.73. The van der Waals surface area contributed by atoms with Gasteiger partial charge in [-0.15, -0.1) is 0 Å². The van der Waals surface area contributed by atoms with E-state index in [1.165, 1.54) is 5.56 Å². The number of hydrogen-bond acceptors (Lipinski definition) is 6. The Morgan fingerprint density at radius 2 is 1.42 bits per heavy atom. The Balaban J connectivity index is 1.31. The van der Waals surface area contributed by atoms with Gasteiger partial charge in [-0.1, -0.05) is 75.4 Å². The first-order chi connectivity index (χ1) is 21.7. The predicted octanol–water partition coefficient (Wildman–Crippen LogP) is 9.50. The molecule has 45 heavy (non-hydrogen) atoms. The van der Waals surface area contributed by atoms with Crippen molar-refractivity contribution in [3.63, 3.8) is 0 Å². The summed E-state index contributed by atoms with van der Waals surface area (Å²) in [4.78, 5) is 22.0. The second-order valence-electron chi connectivity index (χ2n) is 12.9. The van der Waals surface area contributed by atoms with Crippen LogP contribution in [-0.4, -0.2) is 25.5 Å². The molecule has 3 aromatic carbocycles. The number of aromatic nitrogens is 4. The quantitative estimate of drug-likeness (QED) is 0.196. The second kappa shape index (κ2) is 11.1. The van der Waals surface area contributed by atoms with Crippen LogP contribution in [0.2, 0.25) is 0 Å². The van der Waals surface area contributed by atoms with Gasteiger partial charge in [-0.3, -0.25) is 9.88 Å². The number of allylic oxidation sites excluding steroid dienone is 4. The normalized spacial score (nSPS) is 17.7. The third kappa shape index (κ3) is 5.31. The van der Waals surface area contributed by atoms with E-state index in [-0.39, 0.29) is 11.0 Å². The summed E-state index contributed by atoms with van der Waals surface area (Å²) >= 11 is 0. The zero-order valence-corrected chi connectivity index (χ0v) is 26.4. The zero-order chi connectivity index (χ0) is 31.2. The Bertz CT molecular complexity index is 1870. The van der Waals surface area contributed by atoms with E-state index in [0.717, 1.165) is 45.9 Å². The molecular formula is C39H37N5O. The minimum Gasteiger partial charge on any atom is -0.487 e. The molecule has 5 aromatic rings. The number of rotatable bonds is 6. The maximum absolute atomic E-state index is 6.28. The first-order valence-electron chi connectivity index (χ1n) is 15.5. The molecule has 3 heterocycles. The van der Waals surface area contributed by atoms with Gasteiger partial charge >= 0.3 is 0 Å². The molecule has 1 atom stereocenters. The first kappa shape index (κ1) is 28.7. The predicted molar refractivity (Wildman–Crippen MR) is 182 cm³/mol. The molecule has 0 bridgehead atoms. The minimum atomic E-state index is -0.284. The van der Waals surface area contributed by atoms with Crippen LogP contribution in [0.25, 0.3) is 28.2 Å². The number of benzene rings is 3. The van der Waals surface area contributed by atoms with Crippen LogP contribution in [0.1, 0.15) is 52.4 Å². The minimum absolute atomic E-state index is 0.126. The van der Waals surface area contributed by atoms with Crippen LogP contribution in [0, 0.1) is 5.92 Å². The molecule has 0 spiro atoms. The molecule has 0 saturated carbocycles. The van der Waals surface area contributed by atoms with Crippen molar-refractivity contribution in [2.45, 2.75) is 52.1 Å². The van der Waals surface area contributed by atoms with Crippen LogP contribution in [0.3, 0.4) is 0 Å². The standard InChI is InChI=1S/C39H37N5O/c1-26-16-18-27(19-17-26)35-41-36(43-37(42-35)44(30-12-8-6-9-13-30)31-14-10-7-11-15-31)29-20-22-33(40-25-29)28-21-23-34-32(24-28)38(2,3)39(4,5)45-34/h6-16,18-26H,17H2,1-5H3. The van der Waals surface area contributed by atoms with Gasteiger partial charge in [-0.05, 0) is 80.8 Å². The molecule has 0 amide bonds. The summed E-state index contributed by atoms with van der Waals surface area (Å²) in [6.45, 7) is 11.0. The molecule has 7 rings (SSSR count). The van der Waals surface area contributed by atoms with E-state index in [2.05, 4.69) is 100 Å². The maximum atomic E-state index is 6.28. The zero-order valence-electron chi connectivity index (χ0n) is 26.4. The van der Waals surface area contributed by atoms with Crippen LogP contribution in [0.15, 0.2) is 115 Å². The van der Waals surface area contributed by atoms with Crippen LogP contribution in [0.5, 0.6) is 5.75 Å². The lowest BCUT2D eigenvalue weighted by molar-refractivity contribution is 0.0712. The molecule has 1 unspecified atom stereocenters. The molecule has 2 aromatic heterocycles. The Morgan fingerprint density at radius 1 is 0.756 bits per heavy atom. The van der Waals surface area contributed by atoms with E-state index in [1.807, 2.05) is 54.7 Å². The number of ether oxygens (including phenoxy) is 1. The molecule has 0 fully saturated rings. The second-order valence-corrected chi connectivity index (χ2v) is 12.9. The summed E-state index contributed by atoms with van der Waals surface area (Å²) in [6.07, 6.45) is 9.35. The smallest absolute Gasteiger partial charge is 0.238 e. The summed E-state index contributed by atoms with van der Waals surface area (Å²) in [7, 11) is 0. The van der Waals surface area contributed by atoms with Crippen molar-refractivity contribution in [3.05, 3.63) is 127 Å². The Kier molecular flexibility index (Phi) is 7.08.